The maximum absolute atomic E-state index is 4.53. The second-order valence-corrected chi connectivity index (χ2v) is 3.82. The third-order valence-corrected chi connectivity index (χ3v) is 2.46. The molecular formula is C11H19N. The zero-order valence-corrected chi connectivity index (χ0v) is 8.59. The van der Waals surface area contributed by atoms with Gasteiger partial charge in [-0.3, -0.25) is 4.99 Å². The van der Waals surface area contributed by atoms with Crippen molar-refractivity contribution in [3.63, 3.8) is 0 Å². The number of allylic oxidation sites excluding steroid dienone is 2. The molecule has 0 aromatic rings. The van der Waals surface area contributed by atoms with Crippen molar-refractivity contribution in [2.75, 3.05) is 6.54 Å². The Hall–Kier alpha value is -0.590. The Bertz CT molecular complexity index is 213. The first kappa shape index (κ1) is 9.50. The maximum Gasteiger partial charge on any atom is 0.0402 e. The molecule has 68 valence electrons. The van der Waals surface area contributed by atoms with Crippen molar-refractivity contribution in [3.8, 4) is 0 Å². The van der Waals surface area contributed by atoms with Crippen LogP contribution in [-0.2, 0) is 0 Å². The molecule has 0 amide bonds. The van der Waals surface area contributed by atoms with E-state index in [2.05, 4.69) is 38.8 Å². The molecule has 0 saturated carbocycles. The van der Waals surface area contributed by atoms with Gasteiger partial charge in [-0.1, -0.05) is 19.9 Å². The molecule has 1 aliphatic rings. The minimum Gasteiger partial charge on any atom is -0.290 e. The summed E-state index contributed by atoms with van der Waals surface area (Å²) in [6, 6.07) is 0. The maximum atomic E-state index is 4.53. The fourth-order valence-corrected chi connectivity index (χ4v) is 2.09. The molecule has 0 bridgehead atoms. The van der Waals surface area contributed by atoms with Gasteiger partial charge in [0.2, 0.25) is 0 Å². The summed E-state index contributed by atoms with van der Waals surface area (Å²) < 4.78 is 0. The smallest absolute Gasteiger partial charge is 0.0402 e. The normalized spacial score (nSPS) is 33.7. The van der Waals surface area contributed by atoms with Crippen molar-refractivity contribution in [1.82, 2.24) is 0 Å². The third kappa shape index (κ3) is 1.96. The van der Waals surface area contributed by atoms with Crippen LogP contribution < -0.4 is 0 Å². The molecule has 1 heteroatoms. The molecule has 0 aromatic heterocycles. The van der Waals surface area contributed by atoms with Gasteiger partial charge in [-0.2, -0.15) is 0 Å². The van der Waals surface area contributed by atoms with E-state index < -0.39 is 0 Å². The third-order valence-electron chi connectivity index (χ3n) is 2.46. The van der Waals surface area contributed by atoms with Gasteiger partial charge in [0, 0.05) is 12.3 Å². The Morgan fingerprint density at radius 2 is 2.17 bits per heavy atom. The van der Waals surface area contributed by atoms with E-state index in [1.54, 1.807) is 0 Å². The van der Waals surface area contributed by atoms with Gasteiger partial charge in [0.15, 0.2) is 0 Å². The summed E-state index contributed by atoms with van der Waals surface area (Å²) >= 11 is 0. The number of rotatable bonds is 1. The molecule has 12 heavy (non-hydrogen) atoms. The van der Waals surface area contributed by atoms with Gasteiger partial charge < -0.3 is 0 Å². The second kappa shape index (κ2) is 3.88. The summed E-state index contributed by atoms with van der Waals surface area (Å²) in [6.45, 7) is 9.76. The lowest BCUT2D eigenvalue weighted by Crippen LogP contribution is -2.20. The first-order chi connectivity index (χ1) is 5.65. The number of hydrogen-bond donors (Lipinski definition) is 0. The predicted octanol–water partition coefficient (Wildman–Crippen LogP) is 3.07. The molecule has 1 rings (SSSR count). The van der Waals surface area contributed by atoms with Crippen molar-refractivity contribution >= 4 is 5.71 Å². The van der Waals surface area contributed by atoms with Gasteiger partial charge in [-0.15, -0.1) is 0 Å². The Morgan fingerprint density at radius 3 is 2.67 bits per heavy atom. The minimum absolute atomic E-state index is 0.657. The Morgan fingerprint density at radius 1 is 1.50 bits per heavy atom. The van der Waals surface area contributed by atoms with Crippen LogP contribution in [0.25, 0.3) is 0 Å². The lowest BCUT2D eigenvalue weighted by atomic mass is 9.83. The topological polar surface area (TPSA) is 12.4 Å². The van der Waals surface area contributed by atoms with Crippen LogP contribution in [0.15, 0.2) is 16.6 Å². The van der Waals surface area contributed by atoms with Gasteiger partial charge in [-0.25, -0.2) is 0 Å². The highest BCUT2D eigenvalue weighted by Crippen LogP contribution is 2.25. The zero-order chi connectivity index (χ0) is 9.14. The fourth-order valence-electron chi connectivity index (χ4n) is 2.09. The van der Waals surface area contributed by atoms with E-state index in [1.165, 1.54) is 17.7 Å². The van der Waals surface area contributed by atoms with E-state index >= 15 is 0 Å². The zero-order valence-electron chi connectivity index (χ0n) is 8.59. The van der Waals surface area contributed by atoms with Crippen molar-refractivity contribution in [2.24, 2.45) is 16.8 Å². The molecule has 0 radical (unpaired) electrons. The molecule has 0 saturated heterocycles. The first-order valence-corrected chi connectivity index (χ1v) is 4.88. The Labute approximate surface area is 75.6 Å². The average Bonchev–Trinajstić information content (AvgIpc) is 1.96. The van der Waals surface area contributed by atoms with Crippen molar-refractivity contribution in [1.29, 1.82) is 0 Å². The van der Waals surface area contributed by atoms with Crippen molar-refractivity contribution < 1.29 is 0 Å². The van der Waals surface area contributed by atoms with Gasteiger partial charge in [0.1, 0.15) is 0 Å². The van der Waals surface area contributed by atoms with Gasteiger partial charge in [-0.05, 0) is 37.7 Å². The number of hydrogen-bond acceptors (Lipinski definition) is 1. The molecule has 0 aliphatic heterocycles. The number of nitrogens with zero attached hydrogens (tertiary/aromatic N) is 1. The molecule has 1 nitrogen and oxygen atoms in total. The molecule has 0 N–H and O–H groups in total. The van der Waals surface area contributed by atoms with Crippen molar-refractivity contribution in [3.05, 3.63) is 11.6 Å². The molecular weight excluding hydrogens is 146 g/mol. The van der Waals surface area contributed by atoms with E-state index in [9.17, 15) is 0 Å². The van der Waals surface area contributed by atoms with Crippen molar-refractivity contribution in [2.45, 2.75) is 34.1 Å². The summed E-state index contributed by atoms with van der Waals surface area (Å²) in [6.07, 6.45) is 3.60. The SMILES string of the molecule is CCN=C1C(C)=CC(C)CC1C. The van der Waals surface area contributed by atoms with Gasteiger partial charge in [0.25, 0.3) is 0 Å². The minimum atomic E-state index is 0.657. The monoisotopic (exact) mass is 165 g/mol. The highest BCUT2D eigenvalue weighted by atomic mass is 14.7. The second-order valence-electron chi connectivity index (χ2n) is 3.82. The highest BCUT2D eigenvalue weighted by molar-refractivity contribution is 6.01. The molecule has 1 aliphatic carbocycles. The molecule has 0 fully saturated rings. The quantitative estimate of drug-likeness (QED) is 0.566. The standard InChI is InChI=1S/C11H19N/c1-5-12-11-9(3)6-8(2)7-10(11)4/h6,8,10H,5,7H2,1-4H3. The summed E-state index contributed by atoms with van der Waals surface area (Å²) in [7, 11) is 0. The largest absolute Gasteiger partial charge is 0.290 e. The molecule has 0 heterocycles. The molecule has 2 atom stereocenters. The summed E-state index contributed by atoms with van der Waals surface area (Å²) in [5.74, 6) is 1.39. The highest BCUT2D eigenvalue weighted by Gasteiger charge is 2.19. The van der Waals surface area contributed by atoms with Crippen LogP contribution in [0, 0.1) is 11.8 Å². The van der Waals surface area contributed by atoms with E-state index in [0.717, 1.165) is 12.5 Å². The lowest BCUT2D eigenvalue weighted by molar-refractivity contribution is 0.549. The van der Waals surface area contributed by atoms with Crippen LogP contribution >= 0.6 is 0 Å². The van der Waals surface area contributed by atoms with Crippen LogP contribution in [0.3, 0.4) is 0 Å². The Balaban J connectivity index is 2.86. The van der Waals surface area contributed by atoms with Gasteiger partial charge in [0.05, 0.1) is 0 Å². The molecule has 0 aromatic carbocycles. The van der Waals surface area contributed by atoms with Crippen LogP contribution in [0.5, 0.6) is 0 Å². The van der Waals surface area contributed by atoms with Crippen LogP contribution in [0.2, 0.25) is 0 Å². The summed E-state index contributed by atoms with van der Waals surface area (Å²) in [5.41, 5.74) is 2.72. The fraction of sp³-hybridized carbons (Fsp3) is 0.727. The summed E-state index contributed by atoms with van der Waals surface area (Å²) in [4.78, 5) is 4.53. The molecule has 0 spiro atoms. The lowest BCUT2D eigenvalue weighted by Gasteiger charge is -2.24. The van der Waals surface area contributed by atoms with E-state index in [-0.39, 0.29) is 0 Å². The average molecular weight is 165 g/mol. The van der Waals surface area contributed by atoms with Crippen LogP contribution in [0.1, 0.15) is 34.1 Å². The van der Waals surface area contributed by atoms with Gasteiger partial charge >= 0.3 is 0 Å². The Kier molecular flexibility index (Phi) is 3.07. The van der Waals surface area contributed by atoms with Crippen LogP contribution in [0.4, 0.5) is 0 Å². The number of aliphatic imine (C=N–C) groups is 1. The summed E-state index contributed by atoms with van der Waals surface area (Å²) in [5, 5.41) is 0. The predicted molar refractivity (Wildman–Crippen MR) is 54.7 cm³/mol. The first-order valence-electron chi connectivity index (χ1n) is 4.88. The van der Waals surface area contributed by atoms with E-state index in [0.29, 0.717) is 5.92 Å². The van der Waals surface area contributed by atoms with E-state index in [1.807, 2.05) is 0 Å². The molecule has 2 unspecified atom stereocenters. The van der Waals surface area contributed by atoms with E-state index in [4.69, 9.17) is 0 Å². The van der Waals surface area contributed by atoms with Crippen LogP contribution in [-0.4, -0.2) is 12.3 Å².